The van der Waals surface area contributed by atoms with E-state index in [1.165, 1.54) is 12.1 Å². The van der Waals surface area contributed by atoms with Gasteiger partial charge in [0.1, 0.15) is 0 Å². The maximum absolute atomic E-state index is 11.0. The lowest BCUT2D eigenvalue weighted by Crippen LogP contribution is -2.14. The van der Waals surface area contributed by atoms with Gasteiger partial charge in [-0.15, -0.1) is 0 Å². The predicted molar refractivity (Wildman–Crippen MR) is 71.4 cm³/mol. The van der Waals surface area contributed by atoms with Crippen molar-refractivity contribution < 1.29 is 9.72 Å². The zero-order chi connectivity index (χ0) is 13.8. The van der Waals surface area contributed by atoms with E-state index < -0.39 is 10.8 Å². The summed E-state index contributed by atoms with van der Waals surface area (Å²) in [6.07, 6.45) is 0.146. The fourth-order valence-electron chi connectivity index (χ4n) is 1.91. The van der Waals surface area contributed by atoms with Crippen LogP contribution in [0, 0.1) is 10.1 Å². The molecule has 0 saturated heterocycles. The zero-order valence-electron chi connectivity index (χ0n) is 10.1. The highest BCUT2D eigenvalue weighted by molar-refractivity contribution is 5.80. The number of nitro groups is 1. The first-order valence-corrected chi connectivity index (χ1v) is 5.69. The summed E-state index contributed by atoms with van der Waals surface area (Å²) >= 11 is 0. The van der Waals surface area contributed by atoms with Crippen LogP contribution in [0.3, 0.4) is 0 Å². The molecule has 5 nitrogen and oxygen atoms in total. The molecule has 2 N–H and O–H groups in total. The molecule has 2 rings (SSSR count). The molecule has 0 saturated carbocycles. The van der Waals surface area contributed by atoms with Crippen molar-refractivity contribution in [2.24, 2.45) is 5.73 Å². The van der Waals surface area contributed by atoms with Gasteiger partial charge < -0.3 is 5.73 Å². The second-order valence-electron chi connectivity index (χ2n) is 4.10. The summed E-state index contributed by atoms with van der Waals surface area (Å²) in [6.45, 7) is 0. The maximum Gasteiger partial charge on any atom is 0.269 e. The van der Waals surface area contributed by atoms with E-state index in [9.17, 15) is 14.9 Å². The number of nitrogens with zero attached hydrogens (tertiary/aromatic N) is 1. The Hall–Kier alpha value is -2.69. The summed E-state index contributed by atoms with van der Waals surface area (Å²) in [7, 11) is 0. The monoisotopic (exact) mass is 256 g/mol. The number of hydrogen-bond acceptors (Lipinski definition) is 3. The highest BCUT2D eigenvalue weighted by atomic mass is 16.6. The van der Waals surface area contributed by atoms with Crippen molar-refractivity contribution in [2.75, 3.05) is 0 Å². The summed E-state index contributed by atoms with van der Waals surface area (Å²) in [5.74, 6) is -0.408. The minimum atomic E-state index is -0.445. The van der Waals surface area contributed by atoms with Gasteiger partial charge in [-0.3, -0.25) is 14.9 Å². The van der Waals surface area contributed by atoms with Crippen LogP contribution < -0.4 is 5.73 Å². The lowest BCUT2D eigenvalue weighted by molar-refractivity contribution is -0.384. The Morgan fingerprint density at radius 1 is 1.11 bits per heavy atom. The zero-order valence-corrected chi connectivity index (χ0v) is 10.1. The molecule has 0 radical (unpaired) electrons. The van der Waals surface area contributed by atoms with E-state index >= 15 is 0 Å². The molecule has 0 atom stereocenters. The van der Waals surface area contributed by atoms with E-state index in [2.05, 4.69) is 0 Å². The van der Waals surface area contributed by atoms with Crippen LogP contribution in [0.25, 0.3) is 11.1 Å². The molecule has 0 unspecified atom stereocenters. The Labute approximate surface area is 109 Å². The highest BCUT2D eigenvalue weighted by Gasteiger charge is 2.09. The average molecular weight is 256 g/mol. The van der Waals surface area contributed by atoms with Crippen molar-refractivity contribution >= 4 is 11.6 Å². The SMILES string of the molecule is NC(=O)Cc1ccccc1-c1ccc([N+](=O)[O-])cc1. The fourth-order valence-corrected chi connectivity index (χ4v) is 1.91. The molecule has 96 valence electrons. The van der Waals surface area contributed by atoms with Gasteiger partial charge in [0.05, 0.1) is 11.3 Å². The Bertz CT molecular complexity index is 621. The second kappa shape index (κ2) is 5.30. The van der Waals surface area contributed by atoms with E-state index in [0.717, 1.165) is 16.7 Å². The van der Waals surface area contributed by atoms with Crippen molar-refractivity contribution in [2.45, 2.75) is 6.42 Å². The third-order valence-electron chi connectivity index (χ3n) is 2.77. The standard InChI is InChI=1S/C14H12N2O3/c15-14(17)9-11-3-1-2-4-13(11)10-5-7-12(8-6-10)16(18)19/h1-8H,9H2,(H2,15,17). The Balaban J connectivity index is 2.41. The number of benzene rings is 2. The Kier molecular flexibility index (Phi) is 3.56. The van der Waals surface area contributed by atoms with Crippen LogP contribution in [0.15, 0.2) is 48.5 Å². The first-order chi connectivity index (χ1) is 9.08. The number of primary amides is 1. The molecular weight excluding hydrogens is 244 g/mol. The molecule has 0 aromatic heterocycles. The van der Waals surface area contributed by atoms with Gasteiger partial charge in [0.15, 0.2) is 0 Å². The third kappa shape index (κ3) is 2.95. The molecule has 1 amide bonds. The molecule has 0 aliphatic heterocycles. The molecule has 19 heavy (non-hydrogen) atoms. The number of nitrogens with two attached hydrogens (primary N) is 1. The lowest BCUT2D eigenvalue weighted by Gasteiger charge is -2.07. The molecule has 0 spiro atoms. The van der Waals surface area contributed by atoms with E-state index in [1.54, 1.807) is 12.1 Å². The van der Waals surface area contributed by atoms with Crippen molar-refractivity contribution in [3.8, 4) is 11.1 Å². The summed E-state index contributed by atoms with van der Waals surface area (Å²) in [5, 5.41) is 10.6. The van der Waals surface area contributed by atoms with Crippen molar-refractivity contribution in [3.63, 3.8) is 0 Å². The van der Waals surface area contributed by atoms with Gasteiger partial charge >= 0.3 is 0 Å². The van der Waals surface area contributed by atoms with Crippen LogP contribution in [0.1, 0.15) is 5.56 Å². The van der Waals surface area contributed by atoms with Gasteiger partial charge in [0, 0.05) is 12.1 Å². The number of amides is 1. The van der Waals surface area contributed by atoms with Crippen LogP contribution in [0.2, 0.25) is 0 Å². The minimum Gasteiger partial charge on any atom is -0.369 e. The predicted octanol–water partition coefficient (Wildman–Crippen LogP) is 2.29. The molecule has 0 heterocycles. The van der Waals surface area contributed by atoms with Gasteiger partial charge in [-0.25, -0.2) is 0 Å². The molecule has 0 fully saturated rings. The summed E-state index contributed by atoms with van der Waals surface area (Å²) in [6, 6.07) is 13.6. The average Bonchev–Trinajstić information content (AvgIpc) is 2.39. The summed E-state index contributed by atoms with van der Waals surface area (Å²) < 4.78 is 0. The van der Waals surface area contributed by atoms with Gasteiger partial charge in [0.25, 0.3) is 5.69 Å². The molecule has 0 bridgehead atoms. The van der Waals surface area contributed by atoms with E-state index in [0.29, 0.717) is 0 Å². The minimum absolute atomic E-state index is 0.0381. The van der Waals surface area contributed by atoms with Gasteiger partial charge in [0.2, 0.25) is 5.91 Å². The maximum atomic E-state index is 11.0. The third-order valence-corrected chi connectivity index (χ3v) is 2.77. The number of hydrogen-bond donors (Lipinski definition) is 1. The lowest BCUT2D eigenvalue weighted by atomic mass is 9.97. The Morgan fingerprint density at radius 3 is 2.32 bits per heavy atom. The fraction of sp³-hybridized carbons (Fsp3) is 0.0714. The normalized spacial score (nSPS) is 10.1. The number of carbonyl (C=O) groups is 1. The summed E-state index contributed by atoms with van der Waals surface area (Å²) in [4.78, 5) is 21.2. The van der Waals surface area contributed by atoms with Gasteiger partial charge in [-0.1, -0.05) is 24.3 Å². The topological polar surface area (TPSA) is 86.2 Å². The number of rotatable bonds is 4. The van der Waals surface area contributed by atoms with Crippen molar-refractivity contribution in [1.29, 1.82) is 0 Å². The van der Waals surface area contributed by atoms with E-state index in [-0.39, 0.29) is 12.1 Å². The van der Waals surface area contributed by atoms with Crippen molar-refractivity contribution in [1.82, 2.24) is 0 Å². The van der Waals surface area contributed by atoms with Gasteiger partial charge in [-0.2, -0.15) is 0 Å². The molecule has 0 aliphatic rings. The number of nitro benzene ring substituents is 1. The van der Waals surface area contributed by atoms with E-state index in [1.807, 2.05) is 24.3 Å². The quantitative estimate of drug-likeness (QED) is 0.672. The molecule has 2 aromatic carbocycles. The largest absolute Gasteiger partial charge is 0.369 e. The number of non-ortho nitro benzene ring substituents is 1. The Morgan fingerprint density at radius 2 is 1.74 bits per heavy atom. The van der Waals surface area contributed by atoms with Gasteiger partial charge in [-0.05, 0) is 28.8 Å². The molecule has 5 heteroatoms. The first-order valence-electron chi connectivity index (χ1n) is 5.69. The van der Waals surface area contributed by atoms with Crippen LogP contribution >= 0.6 is 0 Å². The van der Waals surface area contributed by atoms with Crippen molar-refractivity contribution in [3.05, 3.63) is 64.2 Å². The summed E-state index contributed by atoms with van der Waals surface area (Å²) in [5.41, 5.74) is 7.73. The van der Waals surface area contributed by atoms with Crippen LogP contribution in [0.4, 0.5) is 5.69 Å². The smallest absolute Gasteiger partial charge is 0.269 e. The van der Waals surface area contributed by atoms with Crippen LogP contribution in [-0.4, -0.2) is 10.8 Å². The molecule has 2 aromatic rings. The molecular formula is C14H12N2O3. The number of carbonyl (C=O) groups excluding carboxylic acids is 1. The van der Waals surface area contributed by atoms with Crippen LogP contribution in [-0.2, 0) is 11.2 Å². The van der Waals surface area contributed by atoms with Crippen LogP contribution in [0.5, 0.6) is 0 Å². The first kappa shape index (κ1) is 12.8. The molecule has 0 aliphatic carbocycles. The highest BCUT2D eigenvalue weighted by Crippen LogP contribution is 2.25. The van der Waals surface area contributed by atoms with E-state index in [4.69, 9.17) is 5.73 Å². The second-order valence-corrected chi connectivity index (χ2v) is 4.10.